The smallest absolute Gasteiger partial charge is 0.237 e. The number of carbonyl (C=O) groups excluding carboxylic acids is 1. The molecule has 7 heteroatoms. The zero-order valence-electron chi connectivity index (χ0n) is 15.8. The number of thioether (sulfide) groups is 1. The van der Waals surface area contributed by atoms with Crippen molar-refractivity contribution in [3.63, 3.8) is 0 Å². The lowest BCUT2D eigenvalue weighted by molar-refractivity contribution is -0.115. The molecule has 2 atom stereocenters. The van der Waals surface area contributed by atoms with Gasteiger partial charge in [-0.05, 0) is 55.9 Å². The number of pyridine rings is 1. The SMILES string of the molecule is CC1CCc2nc(SC(C)C(=O)Nc3ccc4c(c3)OCO4)c(C#N)cc2C1. The van der Waals surface area contributed by atoms with E-state index in [1.165, 1.54) is 11.8 Å². The molecule has 2 aromatic rings. The molecule has 0 fully saturated rings. The van der Waals surface area contributed by atoms with Crippen LogP contribution in [0.5, 0.6) is 11.5 Å². The minimum absolute atomic E-state index is 0.152. The standard InChI is InChI=1S/C21H21N3O3S/c1-12-3-5-17-14(7-12)8-15(10-22)21(24-17)28-13(2)20(25)23-16-4-6-18-19(9-16)27-11-26-18/h4,6,8-9,12-13H,3,5,7,11H2,1-2H3,(H,23,25). The number of carbonyl (C=O) groups is 1. The molecular weight excluding hydrogens is 374 g/mol. The number of ether oxygens (including phenoxy) is 2. The lowest BCUT2D eigenvalue weighted by Gasteiger charge is -2.22. The van der Waals surface area contributed by atoms with Gasteiger partial charge in [-0.25, -0.2) is 4.98 Å². The van der Waals surface area contributed by atoms with E-state index >= 15 is 0 Å². The van der Waals surface area contributed by atoms with Crippen molar-refractivity contribution in [3.8, 4) is 17.6 Å². The van der Waals surface area contributed by atoms with E-state index in [1.807, 2.05) is 13.0 Å². The van der Waals surface area contributed by atoms with E-state index in [0.29, 0.717) is 33.7 Å². The first-order chi connectivity index (χ1) is 13.5. The van der Waals surface area contributed by atoms with Crippen molar-refractivity contribution < 1.29 is 14.3 Å². The molecule has 1 aromatic heterocycles. The molecule has 2 heterocycles. The first-order valence-electron chi connectivity index (χ1n) is 9.33. The lowest BCUT2D eigenvalue weighted by atomic mass is 9.87. The van der Waals surface area contributed by atoms with Gasteiger partial charge in [0.2, 0.25) is 12.7 Å². The lowest BCUT2D eigenvalue weighted by Crippen LogP contribution is -2.23. The second-order valence-corrected chi connectivity index (χ2v) is 8.55. The average Bonchev–Trinajstić information content (AvgIpc) is 3.15. The number of hydrogen-bond donors (Lipinski definition) is 1. The molecule has 144 valence electrons. The van der Waals surface area contributed by atoms with Crippen LogP contribution >= 0.6 is 11.8 Å². The first-order valence-corrected chi connectivity index (χ1v) is 10.2. The largest absolute Gasteiger partial charge is 0.454 e. The Balaban J connectivity index is 1.48. The number of fused-ring (bicyclic) bond motifs is 2. The average molecular weight is 395 g/mol. The van der Waals surface area contributed by atoms with Crippen molar-refractivity contribution in [2.75, 3.05) is 12.1 Å². The first kappa shape index (κ1) is 18.6. The zero-order chi connectivity index (χ0) is 19.7. The van der Waals surface area contributed by atoms with E-state index in [1.54, 1.807) is 18.2 Å². The molecule has 1 aliphatic carbocycles. The molecule has 0 saturated carbocycles. The molecule has 2 unspecified atom stereocenters. The van der Waals surface area contributed by atoms with E-state index in [2.05, 4.69) is 18.3 Å². The van der Waals surface area contributed by atoms with Crippen LogP contribution in [0.3, 0.4) is 0 Å². The highest BCUT2D eigenvalue weighted by Gasteiger charge is 2.23. The van der Waals surface area contributed by atoms with Crippen LogP contribution in [-0.4, -0.2) is 22.9 Å². The van der Waals surface area contributed by atoms with E-state index < -0.39 is 5.25 Å². The van der Waals surface area contributed by atoms with Gasteiger partial charge in [-0.15, -0.1) is 0 Å². The number of aryl methyl sites for hydroxylation is 1. The summed E-state index contributed by atoms with van der Waals surface area (Å²) in [6.45, 7) is 4.23. The number of hydrogen-bond acceptors (Lipinski definition) is 6. The van der Waals surface area contributed by atoms with Gasteiger partial charge in [0, 0.05) is 17.4 Å². The Labute approximate surface area is 168 Å². The number of anilines is 1. The number of aromatic nitrogens is 1. The molecule has 0 radical (unpaired) electrons. The Bertz CT molecular complexity index is 970. The summed E-state index contributed by atoms with van der Waals surface area (Å²) in [7, 11) is 0. The molecule has 1 aliphatic heterocycles. The van der Waals surface area contributed by atoms with E-state index in [4.69, 9.17) is 14.5 Å². The number of rotatable bonds is 4. The third-order valence-corrected chi connectivity index (χ3v) is 6.12. The molecule has 0 bridgehead atoms. The maximum absolute atomic E-state index is 12.6. The second-order valence-electron chi connectivity index (χ2n) is 7.22. The van der Waals surface area contributed by atoms with Gasteiger partial charge in [0.1, 0.15) is 11.1 Å². The van der Waals surface area contributed by atoms with Crippen LogP contribution in [0.4, 0.5) is 5.69 Å². The normalized spacial score (nSPS) is 18.1. The van der Waals surface area contributed by atoms with Crippen LogP contribution in [0.1, 0.15) is 37.1 Å². The highest BCUT2D eigenvalue weighted by atomic mass is 32.2. The summed E-state index contributed by atoms with van der Waals surface area (Å²) in [6, 6.07) is 9.48. The Kier molecular flexibility index (Phi) is 5.14. The van der Waals surface area contributed by atoms with Crippen molar-refractivity contribution >= 4 is 23.4 Å². The monoisotopic (exact) mass is 395 g/mol. The Morgan fingerprint density at radius 1 is 1.36 bits per heavy atom. The van der Waals surface area contributed by atoms with Crippen molar-refractivity contribution in [3.05, 3.63) is 41.1 Å². The van der Waals surface area contributed by atoms with Gasteiger partial charge in [-0.3, -0.25) is 4.79 Å². The summed E-state index contributed by atoms with van der Waals surface area (Å²) < 4.78 is 10.6. The summed E-state index contributed by atoms with van der Waals surface area (Å²) in [5, 5.41) is 12.7. The van der Waals surface area contributed by atoms with Gasteiger partial charge < -0.3 is 14.8 Å². The van der Waals surface area contributed by atoms with Gasteiger partial charge in [-0.2, -0.15) is 5.26 Å². The highest BCUT2D eigenvalue weighted by molar-refractivity contribution is 8.00. The molecule has 0 saturated heterocycles. The van der Waals surface area contributed by atoms with E-state index in [9.17, 15) is 10.1 Å². The van der Waals surface area contributed by atoms with Crippen molar-refractivity contribution in [1.29, 1.82) is 5.26 Å². The quantitative estimate of drug-likeness (QED) is 0.790. The van der Waals surface area contributed by atoms with Gasteiger partial charge >= 0.3 is 0 Å². The van der Waals surface area contributed by atoms with Crippen molar-refractivity contribution in [2.24, 2.45) is 5.92 Å². The molecule has 4 rings (SSSR count). The maximum Gasteiger partial charge on any atom is 0.237 e. The van der Waals surface area contributed by atoms with E-state index in [0.717, 1.165) is 30.5 Å². The molecule has 1 aromatic carbocycles. The highest BCUT2D eigenvalue weighted by Crippen LogP contribution is 2.35. The van der Waals surface area contributed by atoms with Crippen LogP contribution in [0.25, 0.3) is 0 Å². The molecule has 0 spiro atoms. The Morgan fingerprint density at radius 3 is 3.00 bits per heavy atom. The minimum Gasteiger partial charge on any atom is -0.454 e. The zero-order valence-corrected chi connectivity index (χ0v) is 16.6. The van der Waals surface area contributed by atoms with E-state index in [-0.39, 0.29) is 12.7 Å². The molecule has 2 aliphatic rings. The summed E-state index contributed by atoms with van der Waals surface area (Å²) in [5.41, 5.74) is 3.41. The summed E-state index contributed by atoms with van der Waals surface area (Å²) in [5.74, 6) is 1.76. The molecule has 6 nitrogen and oxygen atoms in total. The van der Waals surface area contributed by atoms with Gasteiger partial charge in [0.05, 0.1) is 10.8 Å². The number of nitrogens with zero attached hydrogens (tertiary/aromatic N) is 2. The summed E-state index contributed by atoms with van der Waals surface area (Å²) >= 11 is 1.32. The third-order valence-electron chi connectivity index (χ3n) is 5.02. The Hall–Kier alpha value is -2.72. The summed E-state index contributed by atoms with van der Waals surface area (Å²) in [6.07, 6.45) is 2.99. The number of amides is 1. The second kappa shape index (κ2) is 7.72. The maximum atomic E-state index is 12.6. The van der Waals surface area contributed by atoms with Crippen LogP contribution in [-0.2, 0) is 17.6 Å². The van der Waals surface area contributed by atoms with Crippen molar-refractivity contribution in [1.82, 2.24) is 4.98 Å². The third kappa shape index (κ3) is 3.78. The number of benzene rings is 1. The van der Waals surface area contributed by atoms with Gasteiger partial charge in [-0.1, -0.05) is 18.7 Å². The molecule has 28 heavy (non-hydrogen) atoms. The van der Waals surface area contributed by atoms with Gasteiger partial charge in [0.15, 0.2) is 11.5 Å². The summed E-state index contributed by atoms with van der Waals surface area (Å²) in [4.78, 5) is 17.4. The van der Waals surface area contributed by atoms with Crippen LogP contribution < -0.4 is 14.8 Å². The van der Waals surface area contributed by atoms with Gasteiger partial charge in [0.25, 0.3) is 0 Å². The number of nitrogens with one attached hydrogen (secondary N) is 1. The molecule has 1 N–H and O–H groups in total. The Morgan fingerprint density at radius 2 is 2.18 bits per heavy atom. The van der Waals surface area contributed by atoms with Crippen LogP contribution in [0.2, 0.25) is 0 Å². The topological polar surface area (TPSA) is 84.2 Å². The minimum atomic E-state index is -0.398. The fourth-order valence-corrected chi connectivity index (χ4v) is 4.33. The molecular formula is C21H21N3O3S. The van der Waals surface area contributed by atoms with Crippen LogP contribution in [0.15, 0.2) is 29.3 Å². The van der Waals surface area contributed by atoms with Crippen LogP contribution in [0, 0.1) is 17.2 Å². The predicted molar refractivity (Wildman–Crippen MR) is 107 cm³/mol. The fraction of sp³-hybridized carbons (Fsp3) is 0.381. The fourth-order valence-electron chi connectivity index (χ4n) is 3.44. The van der Waals surface area contributed by atoms with Crippen molar-refractivity contribution in [2.45, 2.75) is 43.4 Å². The molecule has 1 amide bonds. The number of nitriles is 1. The predicted octanol–water partition coefficient (Wildman–Crippen LogP) is 3.93.